The van der Waals surface area contributed by atoms with Crippen molar-refractivity contribution in [1.29, 1.82) is 0 Å². The summed E-state index contributed by atoms with van der Waals surface area (Å²) in [6, 6.07) is 13.7. The number of carbonyl (C=O) groups is 1. The van der Waals surface area contributed by atoms with Crippen LogP contribution in [0.25, 0.3) is 5.69 Å². The molecule has 0 spiro atoms. The molecular weight excluding hydrogens is 382 g/mol. The zero-order valence-electron chi connectivity index (χ0n) is 17.1. The first-order valence-corrected chi connectivity index (χ1v) is 10.5. The van der Waals surface area contributed by atoms with Gasteiger partial charge in [0.15, 0.2) is 5.03 Å². The van der Waals surface area contributed by atoms with Crippen LogP contribution >= 0.6 is 11.8 Å². The van der Waals surface area contributed by atoms with E-state index in [4.69, 9.17) is 0 Å². The molecule has 0 saturated heterocycles. The van der Waals surface area contributed by atoms with E-state index in [9.17, 15) is 9.59 Å². The summed E-state index contributed by atoms with van der Waals surface area (Å²) in [5.41, 5.74) is 4.81. The van der Waals surface area contributed by atoms with Gasteiger partial charge in [-0.2, -0.15) is 0 Å². The largest absolute Gasteiger partial charge is 0.325 e. The normalized spacial score (nSPS) is 10.9. The summed E-state index contributed by atoms with van der Waals surface area (Å²) in [5, 5.41) is 3.16. The lowest BCUT2D eigenvalue weighted by atomic mass is 10.0. The summed E-state index contributed by atoms with van der Waals surface area (Å²) in [5.74, 6) is 0.388. The molecule has 0 bridgehead atoms. The first kappa shape index (κ1) is 20.9. The summed E-state index contributed by atoms with van der Waals surface area (Å²) in [6.45, 7) is 8.30. The van der Waals surface area contributed by atoms with Gasteiger partial charge in [-0.3, -0.25) is 14.2 Å². The van der Waals surface area contributed by atoms with Crippen molar-refractivity contribution < 1.29 is 4.79 Å². The zero-order valence-corrected chi connectivity index (χ0v) is 17.9. The molecule has 2 aromatic carbocycles. The lowest BCUT2D eigenvalue weighted by Gasteiger charge is -2.10. The molecular formula is C23H25N3O2S. The second-order valence-corrected chi connectivity index (χ2v) is 8.25. The van der Waals surface area contributed by atoms with E-state index in [2.05, 4.69) is 24.1 Å². The predicted octanol–water partition coefficient (Wildman–Crippen LogP) is 4.70. The SMILES string of the molecule is Cc1ccc(-n2ccnc(SCC(=O)Nc3ccc(C(C)C)cc3)c2=O)cc1C. The molecule has 1 heterocycles. The first-order valence-electron chi connectivity index (χ1n) is 9.53. The lowest BCUT2D eigenvalue weighted by molar-refractivity contribution is -0.113. The van der Waals surface area contributed by atoms with E-state index in [1.165, 1.54) is 11.1 Å². The Hall–Kier alpha value is -2.86. The van der Waals surface area contributed by atoms with E-state index >= 15 is 0 Å². The van der Waals surface area contributed by atoms with Crippen LogP contribution in [0.1, 0.15) is 36.5 Å². The highest BCUT2D eigenvalue weighted by molar-refractivity contribution is 7.99. The number of amides is 1. The van der Waals surface area contributed by atoms with E-state index in [0.717, 1.165) is 28.7 Å². The van der Waals surface area contributed by atoms with Crippen molar-refractivity contribution >= 4 is 23.4 Å². The Morgan fingerprint density at radius 2 is 1.83 bits per heavy atom. The Bertz CT molecular complexity index is 1070. The van der Waals surface area contributed by atoms with E-state index in [1.807, 2.05) is 56.3 Å². The molecule has 1 N–H and O–H groups in total. The number of nitrogens with one attached hydrogen (secondary N) is 1. The fraction of sp³-hybridized carbons (Fsp3) is 0.261. The number of aryl methyl sites for hydroxylation is 2. The molecule has 1 aromatic heterocycles. The monoisotopic (exact) mass is 407 g/mol. The van der Waals surface area contributed by atoms with Crippen LogP contribution in [0.4, 0.5) is 5.69 Å². The van der Waals surface area contributed by atoms with Crippen LogP contribution in [-0.2, 0) is 4.79 Å². The summed E-state index contributed by atoms with van der Waals surface area (Å²) in [7, 11) is 0. The smallest absolute Gasteiger partial charge is 0.287 e. The molecule has 1 amide bonds. The van der Waals surface area contributed by atoms with E-state index < -0.39 is 0 Å². The number of hydrogen-bond donors (Lipinski definition) is 1. The van der Waals surface area contributed by atoms with Crippen molar-refractivity contribution in [3.05, 3.63) is 81.9 Å². The molecule has 6 heteroatoms. The van der Waals surface area contributed by atoms with Gasteiger partial charge in [0.05, 0.1) is 5.75 Å². The van der Waals surface area contributed by atoms with Crippen molar-refractivity contribution in [2.75, 3.05) is 11.1 Å². The molecule has 5 nitrogen and oxygen atoms in total. The molecule has 0 aliphatic carbocycles. The minimum absolute atomic E-state index is 0.116. The molecule has 150 valence electrons. The Morgan fingerprint density at radius 1 is 1.10 bits per heavy atom. The number of rotatable bonds is 6. The Balaban J connectivity index is 1.68. The molecule has 0 unspecified atom stereocenters. The van der Waals surface area contributed by atoms with Crippen molar-refractivity contribution in [3.8, 4) is 5.69 Å². The third kappa shape index (κ3) is 5.15. The molecule has 3 aromatic rings. The van der Waals surface area contributed by atoms with Crippen LogP contribution in [0.15, 0.2) is 64.7 Å². The van der Waals surface area contributed by atoms with Gasteiger partial charge in [-0.05, 0) is 60.7 Å². The van der Waals surface area contributed by atoms with Crippen LogP contribution < -0.4 is 10.9 Å². The lowest BCUT2D eigenvalue weighted by Crippen LogP contribution is -2.22. The third-order valence-corrected chi connectivity index (χ3v) is 5.74. The molecule has 0 radical (unpaired) electrons. The maximum Gasteiger partial charge on any atom is 0.287 e. The van der Waals surface area contributed by atoms with Crippen LogP contribution in [-0.4, -0.2) is 21.2 Å². The van der Waals surface area contributed by atoms with Crippen LogP contribution in [0.3, 0.4) is 0 Å². The molecule has 0 fully saturated rings. The van der Waals surface area contributed by atoms with E-state index in [0.29, 0.717) is 10.9 Å². The molecule has 3 rings (SSSR count). The Kier molecular flexibility index (Phi) is 6.54. The van der Waals surface area contributed by atoms with Gasteiger partial charge in [0.2, 0.25) is 5.91 Å². The Labute approximate surface area is 175 Å². The number of carbonyl (C=O) groups excluding carboxylic acids is 1. The third-order valence-electron chi connectivity index (χ3n) is 4.78. The van der Waals surface area contributed by atoms with Gasteiger partial charge in [0.25, 0.3) is 5.56 Å². The van der Waals surface area contributed by atoms with Crippen LogP contribution in [0, 0.1) is 13.8 Å². The number of thioether (sulfide) groups is 1. The summed E-state index contributed by atoms with van der Waals surface area (Å²) >= 11 is 1.14. The van der Waals surface area contributed by atoms with Crippen molar-refractivity contribution in [2.24, 2.45) is 0 Å². The standard InChI is InChI=1S/C23H25N3O2S/c1-15(2)18-6-8-19(9-7-18)25-21(27)14-29-22-23(28)26(12-11-24-22)20-10-5-16(3)17(4)13-20/h5-13,15H,14H2,1-4H3,(H,25,27). The molecule has 0 atom stereocenters. The van der Waals surface area contributed by atoms with Gasteiger partial charge in [0, 0.05) is 23.8 Å². The number of aromatic nitrogens is 2. The summed E-state index contributed by atoms with van der Waals surface area (Å²) < 4.78 is 1.56. The highest BCUT2D eigenvalue weighted by Crippen LogP contribution is 2.18. The summed E-state index contributed by atoms with van der Waals surface area (Å²) in [6.07, 6.45) is 3.23. The maximum atomic E-state index is 12.8. The second-order valence-electron chi connectivity index (χ2n) is 7.29. The van der Waals surface area contributed by atoms with Gasteiger partial charge < -0.3 is 5.32 Å². The van der Waals surface area contributed by atoms with Gasteiger partial charge in [-0.15, -0.1) is 0 Å². The van der Waals surface area contributed by atoms with E-state index in [-0.39, 0.29) is 17.2 Å². The molecule has 29 heavy (non-hydrogen) atoms. The van der Waals surface area contributed by atoms with Gasteiger partial charge in [-0.25, -0.2) is 4.98 Å². The highest BCUT2D eigenvalue weighted by Gasteiger charge is 2.11. The van der Waals surface area contributed by atoms with Gasteiger partial charge in [-0.1, -0.05) is 43.8 Å². The minimum Gasteiger partial charge on any atom is -0.325 e. The minimum atomic E-state index is -0.227. The number of benzene rings is 2. The van der Waals surface area contributed by atoms with Gasteiger partial charge >= 0.3 is 0 Å². The van der Waals surface area contributed by atoms with Crippen molar-refractivity contribution in [3.63, 3.8) is 0 Å². The topological polar surface area (TPSA) is 64.0 Å². The average Bonchev–Trinajstić information content (AvgIpc) is 2.70. The zero-order chi connectivity index (χ0) is 21.0. The number of hydrogen-bond acceptors (Lipinski definition) is 4. The van der Waals surface area contributed by atoms with Crippen LogP contribution in [0.5, 0.6) is 0 Å². The first-order chi connectivity index (χ1) is 13.8. The van der Waals surface area contributed by atoms with Gasteiger partial charge in [0.1, 0.15) is 0 Å². The summed E-state index contributed by atoms with van der Waals surface area (Å²) in [4.78, 5) is 29.2. The van der Waals surface area contributed by atoms with Crippen molar-refractivity contribution in [2.45, 2.75) is 38.6 Å². The van der Waals surface area contributed by atoms with Crippen LogP contribution in [0.2, 0.25) is 0 Å². The molecule has 0 aliphatic rings. The highest BCUT2D eigenvalue weighted by atomic mass is 32.2. The van der Waals surface area contributed by atoms with Crippen molar-refractivity contribution in [1.82, 2.24) is 9.55 Å². The predicted molar refractivity (Wildman–Crippen MR) is 119 cm³/mol. The average molecular weight is 408 g/mol. The maximum absolute atomic E-state index is 12.8. The quantitative estimate of drug-likeness (QED) is 0.602. The molecule has 0 aliphatic heterocycles. The number of nitrogens with zero attached hydrogens (tertiary/aromatic N) is 2. The Morgan fingerprint density at radius 3 is 2.48 bits per heavy atom. The molecule has 0 saturated carbocycles. The second kappa shape index (κ2) is 9.09. The van der Waals surface area contributed by atoms with E-state index in [1.54, 1.807) is 17.0 Å². The number of anilines is 1. The fourth-order valence-electron chi connectivity index (χ4n) is 2.85. The fourth-order valence-corrected chi connectivity index (χ4v) is 3.55.